The predicted molar refractivity (Wildman–Crippen MR) is 263 cm³/mol. The van der Waals surface area contributed by atoms with Crippen molar-refractivity contribution >= 4 is 43.6 Å². The number of aromatic nitrogens is 4. The number of nitrogens with zero attached hydrogens (tertiary/aromatic N) is 5. The van der Waals surface area contributed by atoms with E-state index in [0.717, 1.165) is 105 Å². The summed E-state index contributed by atoms with van der Waals surface area (Å²) in [5, 5.41) is 16.0. The van der Waals surface area contributed by atoms with Crippen LogP contribution in [0.15, 0.2) is 224 Å². The van der Waals surface area contributed by atoms with Crippen LogP contribution in [0, 0.1) is 11.3 Å². The molecule has 0 saturated heterocycles. The van der Waals surface area contributed by atoms with Gasteiger partial charge in [0.25, 0.3) is 0 Å². The van der Waals surface area contributed by atoms with Gasteiger partial charge < -0.3 is 9.13 Å². The lowest BCUT2D eigenvalue weighted by Crippen LogP contribution is -2.06. The van der Waals surface area contributed by atoms with Gasteiger partial charge >= 0.3 is 0 Å². The van der Waals surface area contributed by atoms with E-state index in [1.165, 1.54) is 0 Å². The van der Waals surface area contributed by atoms with Crippen molar-refractivity contribution in [3.05, 3.63) is 230 Å². The summed E-state index contributed by atoms with van der Waals surface area (Å²) < 4.78 is 4.51. The molecule has 0 aliphatic heterocycles. The van der Waals surface area contributed by atoms with Gasteiger partial charge in [-0.05, 0) is 76.9 Å². The smallest absolute Gasteiger partial charge is 0.160 e. The highest BCUT2D eigenvalue weighted by atomic mass is 15.0. The van der Waals surface area contributed by atoms with Crippen LogP contribution in [0.3, 0.4) is 0 Å². The van der Waals surface area contributed by atoms with Crippen molar-refractivity contribution in [3.8, 4) is 73.6 Å². The molecule has 3 heterocycles. The van der Waals surface area contributed by atoms with Gasteiger partial charge in [0, 0.05) is 38.2 Å². The first-order chi connectivity index (χ1) is 31.7. The van der Waals surface area contributed by atoms with Crippen LogP contribution in [-0.2, 0) is 0 Å². The highest BCUT2D eigenvalue weighted by molar-refractivity contribution is 6.12. The third kappa shape index (κ3) is 6.16. The normalized spacial score (nSPS) is 11.4. The Morgan fingerprint density at radius 3 is 1.11 bits per heavy atom. The fourth-order valence-corrected chi connectivity index (χ4v) is 9.38. The van der Waals surface area contributed by atoms with Crippen LogP contribution in [0.25, 0.3) is 111 Å². The summed E-state index contributed by atoms with van der Waals surface area (Å²) in [7, 11) is 0. The predicted octanol–water partition coefficient (Wildman–Crippen LogP) is 14.9. The number of rotatable bonds is 7. The van der Waals surface area contributed by atoms with Gasteiger partial charge in [-0.3, -0.25) is 0 Å². The van der Waals surface area contributed by atoms with E-state index in [0.29, 0.717) is 11.4 Å². The standard InChI is InChI=1S/C59H37N5/c60-38-50-57(63-53-27-15-13-25-46(53)48-33-43(29-31-55(48)63)39-17-5-1-6-18-39)35-45(59-61-51(41-21-9-3-10-22-41)37-52(62-59)42-23-11-4-12-24-42)36-58(50)64-54-28-16-14-26-47(54)49-34-44(30-32-56(49)64)40-19-7-2-8-20-40/h1-37H. The molecule has 0 N–H and O–H groups in total. The van der Waals surface area contributed by atoms with E-state index in [2.05, 4.69) is 191 Å². The molecule has 0 aliphatic carbocycles. The van der Waals surface area contributed by atoms with E-state index < -0.39 is 0 Å². The molecular weight excluding hydrogens is 779 g/mol. The molecule has 5 nitrogen and oxygen atoms in total. The molecule has 0 radical (unpaired) electrons. The maximum absolute atomic E-state index is 11.6. The Morgan fingerprint density at radius 1 is 0.312 bits per heavy atom. The van der Waals surface area contributed by atoms with Crippen LogP contribution >= 0.6 is 0 Å². The van der Waals surface area contributed by atoms with Gasteiger partial charge in [0.15, 0.2) is 5.82 Å². The van der Waals surface area contributed by atoms with Crippen LogP contribution in [0.4, 0.5) is 0 Å². The first kappa shape index (κ1) is 37.0. The van der Waals surface area contributed by atoms with Crippen molar-refractivity contribution < 1.29 is 0 Å². The van der Waals surface area contributed by atoms with Crippen LogP contribution in [0.1, 0.15) is 5.56 Å². The third-order valence-corrected chi connectivity index (χ3v) is 12.4. The van der Waals surface area contributed by atoms with Crippen LogP contribution in [-0.4, -0.2) is 19.1 Å². The summed E-state index contributed by atoms with van der Waals surface area (Å²) in [6, 6.07) is 80.8. The van der Waals surface area contributed by atoms with E-state index in [9.17, 15) is 5.26 Å². The lowest BCUT2D eigenvalue weighted by Gasteiger charge is -2.18. The van der Waals surface area contributed by atoms with Crippen LogP contribution in [0.2, 0.25) is 0 Å². The Bertz CT molecular complexity index is 3530. The molecule has 0 aliphatic rings. The first-order valence-electron chi connectivity index (χ1n) is 21.5. The van der Waals surface area contributed by atoms with Crippen molar-refractivity contribution in [1.82, 2.24) is 19.1 Å². The second-order valence-electron chi connectivity index (χ2n) is 16.1. The Hall–Kier alpha value is -8.85. The molecular formula is C59H37N5. The van der Waals surface area contributed by atoms with Gasteiger partial charge in [-0.15, -0.1) is 0 Å². The van der Waals surface area contributed by atoms with Gasteiger partial charge in [-0.2, -0.15) is 5.26 Å². The lowest BCUT2D eigenvalue weighted by atomic mass is 10.0. The molecule has 12 rings (SSSR count). The van der Waals surface area contributed by atoms with Crippen molar-refractivity contribution in [2.24, 2.45) is 0 Å². The quantitative estimate of drug-likeness (QED) is 0.161. The maximum Gasteiger partial charge on any atom is 0.160 e. The fraction of sp³-hybridized carbons (Fsp3) is 0. The van der Waals surface area contributed by atoms with Crippen molar-refractivity contribution in [2.75, 3.05) is 0 Å². The van der Waals surface area contributed by atoms with Crippen molar-refractivity contribution in [3.63, 3.8) is 0 Å². The molecule has 0 fully saturated rings. The van der Waals surface area contributed by atoms with E-state index >= 15 is 0 Å². The SMILES string of the molecule is N#Cc1c(-n2c3ccccc3c3cc(-c4ccccc4)ccc32)cc(-c2nc(-c3ccccc3)cc(-c3ccccc3)n2)cc1-n1c2ccccc2c2cc(-c3ccccc3)ccc21. The maximum atomic E-state index is 11.6. The molecule has 0 bridgehead atoms. The van der Waals surface area contributed by atoms with Gasteiger partial charge in [-0.1, -0.05) is 170 Å². The number of para-hydroxylation sites is 2. The number of hydrogen-bond donors (Lipinski definition) is 0. The minimum Gasteiger partial charge on any atom is -0.308 e. The van der Waals surface area contributed by atoms with Gasteiger partial charge in [-0.25, -0.2) is 9.97 Å². The average Bonchev–Trinajstić information content (AvgIpc) is 3.89. The van der Waals surface area contributed by atoms with Gasteiger partial charge in [0.2, 0.25) is 0 Å². The van der Waals surface area contributed by atoms with Crippen molar-refractivity contribution in [2.45, 2.75) is 0 Å². The zero-order chi connectivity index (χ0) is 42.6. The van der Waals surface area contributed by atoms with Gasteiger partial charge in [0.05, 0.1) is 44.8 Å². The molecule has 0 atom stereocenters. The first-order valence-corrected chi connectivity index (χ1v) is 21.5. The van der Waals surface area contributed by atoms with E-state index in [-0.39, 0.29) is 0 Å². The van der Waals surface area contributed by atoms with E-state index in [1.54, 1.807) is 0 Å². The van der Waals surface area contributed by atoms with Gasteiger partial charge in [0.1, 0.15) is 11.6 Å². The monoisotopic (exact) mass is 815 g/mol. The number of benzene rings is 9. The summed E-state index contributed by atoms with van der Waals surface area (Å²) in [4.78, 5) is 10.7. The Kier molecular flexibility index (Phi) is 8.81. The molecule has 3 aromatic heterocycles. The Morgan fingerprint density at radius 2 is 0.688 bits per heavy atom. The summed E-state index contributed by atoms with van der Waals surface area (Å²) in [5.41, 5.74) is 15.0. The summed E-state index contributed by atoms with van der Waals surface area (Å²) in [6.07, 6.45) is 0. The molecule has 9 aromatic carbocycles. The third-order valence-electron chi connectivity index (χ3n) is 12.4. The number of hydrogen-bond acceptors (Lipinski definition) is 3. The minimum atomic E-state index is 0.538. The van der Waals surface area contributed by atoms with Crippen LogP contribution < -0.4 is 0 Å². The second kappa shape index (κ2) is 15.3. The van der Waals surface area contributed by atoms with Crippen molar-refractivity contribution in [1.29, 1.82) is 5.26 Å². The van der Waals surface area contributed by atoms with E-state index in [1.807, 2.05) is 48.5 Å². The lowest BCUT2D eigenvalue weighted by molar-refractivity contribution is 1.11. The minimum absolute atomic E-state index is 0.538. The summed E-state index contributed by atoms with van der Waals surface area (Å²) in [6.45, 7) is 0. The van der Waals surface area contributed by atoms with E-state index in [4.69, 9.17) is 9.97 Å². The Labute approximate surface area is 370 Å². The second-order valence-corrected chi connectivity index (χ2v) is 16.1. The molecule has 64 heavy (non-hydrogen) atoms. The zero-order valence-electron chi connectivity index (χ0n) is 34.6. The molecule has 0 saturated carbocycles. The highest BCUT2D eigenvalue weighted by Gasteiger charge is 2.24. The molecule has 12 aromatic rings. The highest BCUT2D eigenvalue weighted by Crippen LogP contribution is 2.42. The zero-order valence-corrected chi connectivity index (χ0v) is 34.6. The number of nitriles is 1. The largest absolute Gasteiger partial charge is 0.308 e. The molecule has 0 unspecified atom stereocenters. The summed E-state index contributed by atoms with van der Waals surface area (Å²) >= 11 is 0. The van der Waals surface area contributed by atoms with Crippen LogP contribution in [0.5, 0.6) is 0 Å². The number of fused-ring (bicyclic) bond motifs is 6. The topological polar surface area (TPSA) is 59.4 Å². The molecule has 5 heteroatoms. The molecule has 298 valence electrons. The average molecular weight is 816 g/mol. The Balaban J connectivity index is 1.19. The molecule has 0 amide bonds. The fourth-order valence-electron chi connectivity index (χ4n) is 9.38. The molecule has 0 spiro atoms. The summed E-state index contributed by atoms with van der Waals surface area (Å²) in [5.74, 6) is 0.562.